The number of hydrogen-bond donors (Lipinski definition) is 1. The van der Waals surface area contributed by atoms with Crippen molar-refractivity contribution >= 4 is 23.5 Å². The Balaban J connectivity index is 3.40. The SMILES string of the molecule is CC(C)(C)P(c1cccc(C[SiH3])c1O)C(C)(C)C. The number of aromatic hydroxyl groups is 1. The molecule has 0 saturated heterocycles. The van der Waals surface area contributed by atoms with Gasteiger partial charge < -0.3 is 5.11 Å². The van der Waals surface area contributed by atoms with Crippen molar-refractivity contribution in [3.05, 3.63) is 23.8 Å². The predicted octanol–water partition coefficient (Wildman–Crippen LogP) is 2.96. The van der Waals surface area contributed by atoms with E-state index >= 15 is 0 Å². The molecule has 18 heavy (non-hydrogen) atoms. The summed E-state index contributed by atoms with van der Waals surface area (Å²) in [4.78, 5) is 0. The molecule has 0 radical (unpaired) electrons. The van der Waals surface area contributed by atoms with E-state index in [0.717, 1.165) is 21.9 Å². The highest BCUT2D eigenvalue weighted by Gasteiger charge is 2.37. The fourth-order valence-electron chi connectivity index (χ4n) is 2.77. The predicted molar refractivity (Wildman–Crippen MR) is 87.8 cm³/mol. The van der Waals surface area contributed by atoms with Crippen molar-refractivity contribution in [2.24, 2.45) is 0 Å². The lowest BCUT2D eigenvalue weighted by atomic mass is 10.2. The Morgan fingerprint density at radius 1 is 1.06 bits per heavy atom. The van der Waals surface area contributed by atoms with Crippen LogP contribution in [0.2, 0.25) is 0 Å². The summed E-state index contributed by atoms with van der Waals surface area (Å²) in [6.07, 6.45) is 0. The normalized spacial score (nSPS) is 13.3. The third kappa shape index (κ3) is 3.36. The largest absolute Gasteiger partial charge is 0.507 e. The van der Waals surface area contributed by atoms with Crippen LogP contribution in [-0.4, -0.2) is 25.7 Å². The molecule has 0 aliphatic carbocycles. The summed E-state index contributed by atoms with van der Waals surface area (Å²) >= 11 is 0. The van der Waals surface area contributed by atoms with Crippen molar-refractivity contribution in [2.75, 3.05) is 0 Å². The van der Waals surface area contributed by atoms with Crippen molar-refractivity contribution < 1.29 is 5.11 Å². The van der Waals surface area contributed by atoms with Gasteiger partial charge in [0.15, 0.2) is 0 Å². The number of benzene rings is 1. The van der Waals surface area contributed by atoms with Crippen LogP contribution in [-0.2, 0) is 6.04 Å². The van der Waals surface area contributed by atoms with Crippen molar-refractivity contribution in [1.82, 2.24) is 0 Å². The molecule has 0 unspecified atom stereocenters. The molecule has 1 aromatic carbocycles. The van der Waals surface area contributed by atoms with E-state index in [4.69, 9.17) is 0 Å². The third-order valence-electron chi connectivity index (χ3n) is 3.06. The molecule has 0 fully saturated rings. The maximum absolute atomic E-state index is 10.5. The molecule has 0 aromatic heterocycles. The molecule has 0 amide bonds. The van der Waals surface area contributed by atoms with Crippen molar-refractivity contribution in [3.8, 4) is 5.75 Å². The maximum Gasteiger partial charge on any atom is 0.126 e. The summed E-state index contributed by atoms with van der Waals surface area (Å²) in [6, 6.07) is 7.31. The summed E-state index contributed by atoms with van der Waals surface area (Å²) < 4.78 is 0. The van der Waals surface area contributed by atoms with Crippen LogP contribution in [0.25, 0.3) is 0 Å². The van der Waals surface area contributed by atoms with Gasteiger partial charge in [0, 0.05) is 15.5 Å². The molecule has 3 heteroatoms. The standard InChI is InChI=1S/C15H27OPSi/c1-14(2,3)17(15(4,5)6)12-9-7-8-11(10-18)13(12)16/h7-9,16H,10H2,1-6,18H3. The Bertz CT molecular complexity index is 401. The smallest absolute Gasteiger partial charge is 0.126 e. The number of phenolic OH excluding ortho intramolecular Hbond substituents is 1. The quantitative estimate of drug-likeness (QED) is 0.653. The van der Waals surface area contributed by atoms with E-state index in [2.05, 4.69) is 59.7 Å². The van der Waals surface area contributed by atoms with E-state index in [1.54, 1.807) is 0 Å². The molecule has 0 spiro atoms. The second-order valence-electron chi connectivity index (χ2n) is 6.82. The second-order valence-corrected chi connectivity index (χ2v) is 11.4. The van der Waals surface area contributed by atoms with Gasteiger partial charge in [-0.15, -0.1) is 0 Å². The van der Waals surface area contributed by atoms with Gasteiger partial charge in [-0.1, -0.05) is 67.7 Å². The maximum atomic E-state index is 10.5. The molecule has 0 aliphatic heterocycles. The molecule has 1 N–H and O–H groups in total. The van der Waals surface area contributed by atoms with Crippen LogP contribution in [0, 0.1) is 0 Å². The van der Waals surface area contributed by atoms with Crippen LogP contribution in [0.4, 0.5) is 0 Å². The minimum atomic E-state index is -0.415. The average molecular weight is 282 g/mol. The first-order valence-electron chi connectivity index (χ1n) is 6.70. The van der Waals surface area contributed by atoms with Gasteiger partial charge in [-0.3, -0.25) is 0 Å². The van der Waals surface area contributed by atoms with Gasteiger partial charge in [0.25, 0.3) is 0 Å². The number of rotatable bonds is 2. The van der Waals surface area contributed by atoms with Crippen LogP contribution < -0.4 is 5.30 Å². The van der Waals surface area contributed by atoms with Crippen molar-refractivity contribution in [1.29, 1.82) is 0 Å². The van der Waals surface area contributed by atoms with E-state index in [9.17, 15) is 5.11 Å². The van der Waals surface area contributed by atoms with Gasteiger partial charge in [0.1, 0.15) is 5.75 Å². The molecule has 0 atom stereocenters. The first-order valence-corrected chi connectivity index (χ1v) is 9.45. The van der Waals surface area contributed by atoms with E-state index in [-0.39, 0.29) is 10.3 Å². The summed E-state index contributed by atoms with van der Waals surface area (Å²) in [5.41, 5.74) is 1.13. The molecule has 102 valence electrons. The van der Waals surface area contributed by atoms with Gasteiger partial charge in [0.2, 0.25) is 0 Å². The Hall–Kier alpha value is -0.333. The number of phenols is 1. The Morgan fingerprint density at radius 3 is 1.94 bits per heavy atom. The molecular weight excluding hydrogens is 255 g/mol. The Kier molecular flexibility index (Phi) is 4.67. The van der Waals surface area contributed by atoms with Gasteiger partial charge in [0.05, 0.1) is 0 Å². The minimum Gasteiger partial charge on any atom is -0.507 e. The summed E-state index contributed by atoms with van der Waals surface area (Å²) in [5, 5.41) is 12.1. The number of para-hydroxylation sites is 1. The molecule has 1 nitrogen and oxygen atoms in total. The van der Waals surface area contributed by atoms with Gasteiger partial charge in [-0.2, -0.15) is 0 Å². The first kappa shape index (κ1) is 15.7. The summed E-state index contributed by atoms with van der Waals surface area (Å²) in [7, 11) is 0.679. The summed E-state index contributed by atoms with van der Waals surface area (Å²) in [6.45, 7) is 13.7. The molecule has 1 rings (SSSR count). The second kappa shape index (κ2) is 5.34. The van der Waals surface area contributed by atoms with Crippen LogP contribution in [0.3, 0.4) is 0 Å². The average Bonchev–Trinajstić information content (AvgIpc) is 2.17. The van der Waals surface area contributed by atoms with Crippen molar-refractivity contribution in [2.45, 2.75) is 57.9 Å². The lowest BCUT2D eigenvalue weighted by molar-refractivity contribution is 0.474. The molecule has 0 saturated carbocycles. The lowest BCUT2D eigenvalue weighted by Crippen LogP contribution is -2.31. The van der Waals surface area contributed by atoms with Crippen LogP contribution in [0.15, 0.2) is 18.2 Å². The molecule has 0 heterocycles. The van der Waals surface area contributed by atoms with Gasteiger partial charge in [-0.25, -0.2) is 0 Å². The molecule has 0 bridgehead atoms. The molecular formula is C15H27OPSi. The highest BCUT2D eigenvalue weighted by molar-refractivity contribution is 7.68. The fraction of sp³-hybridized carbons (Fsp3) is 0.600. The van der Waals surface area contributed by atoms with Gasteiger partial charge in [-0.05, 0) is 21.9 Å². The zero-order valence-corrected chi connectivity index (χ0v) is 15.7. The van der Waals surface area contributed by atoms with Crippen LogP contribution >= 0.6 is 7.92 Å². The number of hydrogen-bond acceptors (Lipinski definition) is 1. The zero-order valence-electron chi connectivity index (χ0n) is 12.8. The van der Waals surface area contributed by atoms with E-state index in [1.165, 1.54) is 5.30 Å². The van der Waals surface area contributed by atoms with Crippen molar-refractivity contribution in [3.63, 3.8) is 0 Å². The zero-order chi connectivity index (χ0) is 14.1. The van der Waals surface area contributed by atoms with Gasteiger partial charge >= 0.3 is 0 Å². The van der Waals surface area contributed by atoms with Crippen LogP contribution in [0.5, 0.6) is 5.75 Å². The van der Waals surface area contributed by atoms with E-state index in [1.807, 2.05) is 0 Å². The summed E-state index contributed by atoms with van der Waals surface area (Å²) in [5.74, 6) is 0.559. The van der Waals surface area contributed by atoms with E-state index in [0.29, 0.717) is 5.75 Å². The Labute approximate surface area is 116 Å². The third-order valence-corrected chi connectivity index (χ3v) is 7.35. The highest BCUT2D eigenvalue weighted by atomic mass is 31.1. The minimum absolute atomic E-state index is 0.203. The highest BCUT2D eigenvalue weighted by Crippen LogP contribution is 2.59. The molecule has 0 aliphatic rings. The fourth-order valence-corrected chi connectivity index (χ4v) is 7.39. The monoisotopic (exact) mass is 282 g/mol. The topological polar surface area (TPSA) is 20.2 Å². The molecule has 1 aromatic rings. The Morgan fingerprint density at radius 2 is 1.56 bits per heavy atom. The first-order chi connectivity index (χ1) is 8.09. The van der Waals surface area contributed by atoms with E-state index < -0.39 is 7.92 Å². The lowest BCUT2D eigenvalue weighted by Gasteiger charge is -2.42. The van der Waals surface area contributed by atoms with Crippen LogP contribution in [0.1, 0.15) is 47.1 Å².